The Hall–Kier alpha value is -3.00. The van der Waals surface area contributed by atoms with Crippen molar-refractivity contribution in [2.45, 2.75) is 24.8 Å². The van der Waals surface area contributed by atoms with Crippen molar-refractivity contribution in [3.05, 3.63) is 53.2 Å². The standard InChI is InChI=1S/C20H21NO6S/c1-12(2)21-15(9-13-10-16(26-3)20(23)17(11-13)27-4)19(22)14-7-5-6-8-18(14)28(21,24)25/h5-12,23H,1-4H3. The first-order valence-corrected chi connectivity index (χ1v) is 10.0. The van der Waals surface area contributed by atoms with Crippen LogP contribution in [-0.4, -0.2) is 43.9 Å². The minimum Gasteiger partial charge on any atom is -0.502 e. The Bertz CT molecular complexity index is 1050. The number of aromatic hydroxyl groups is 1. The number of ketones is 1. The fraction of sp³-hybridized carbons (Fsp3) is 0.250. The molecule has 7 nitrogen and oxygen atoms in total. The smallest absolute Gasteiger partial charge is 0.265 e. The molecule has 0 spiro atoms. The van der Waals surface area contributed by atoms with Crippen LogP contribution in [0.2, 0.25) is 0 Å². The predicted molar refractivity (Wildman–Crippen MR) is 104 cm³/mol. The first-order chi connectivity index (χ1) is 13.2. The minimum atomic E-state index is -3.89. The van der Waals surface area contributed by atoms with Crippen LogP contribution < -0.4 is 9.47 Å². The summed E-state index contributed by atoms with van der Waals surface area (Å²) in [4.78, 5) is 13.1. The summed E-state index contributed by atoms with van der Waals surface area (Å²) in [6.07, 6.45) is 1.46. The average Bonchev–Trinajstić information content (AvgIpc) is 2.66. The molecule has 148 valence electrons. The van der Waals surface area contributed by atoms with Gasteiger partial charge in [-0.3, -0.25) is 9.10 Å². The topological polar surface area (TPSA) is 93.1 Å². The second-order valence-electron chi connectivity index (χ2n) is 6.52. The summed E-state index contributed by atoms with van der Waals surface area (Å²) >= 11 is 0. The number of phenolic OH excluding ortho intramolecular Hbond substituents is 1. The number of rotatable bonds is 4. The number of carbonyl (C=O) groups is 1. The van der Waals surface area contributed by atoms with Gasteiger partial charge in [0.25, 0.3) is 10.0 Å². The molecule has 1 aliphatic heterocycles. The lowest BCUT2D eigenvalue weighted by molar-refractivity contribution is 0.0996. The van der Waals surface area contributed by atoms with Crippen molar-refractivity contribution >= 4 is 21.9 Å². The van der Waals surface area contributed by atoms with Crippen LogP contribution in [0.3, 0.4) is 0 Å². The summed E-state index contributed by atoms with van der Waals surface area (Å²) in [7, 11) is -1.12. The first-order valence-electron chi connectivity index (χ1n) is 8.57. The number of ether oxygens (including phenoxy) is 2. The zero-order valence-electron chi connectivity index (χ0n) is 16.0. The molecule has 3 rings (SSSR count). The van der Waals surface area contributed by atoms with Gasteiger partial charge in [0.05, 0.1) is 19.1 Å². The minimum absolute atomic E-state index is 0.00767. The van der Waals surface area contributed by atoms with Gasteiger partial charge in [0, 0.05) is 11.6 Å². The van der Waals surface area contributed by atoms with Gasteiger partial charge in [-0.25, -0.2) is 8.42 Å². The molecule has 8 heteroatoms. The van der Waals surface area contributed by atoms with Gasteiger partial charge in [-0.05, 0) is 49.8 Å². The van der Waals surface area contributed by atoms with Crippen LogP contribution >= 0.6 is 0 Å². The Morgan fingerprint density at radius 1 is 1.07 bits per heavy atom. The monoisotopic (exact) mass is 403 g/mol. The number of phenols is 1. The fourth-order valence-corrected chi connectivity index (χ4v) is 5.04. The number of hydrogen-bond donors (Lipinski definition) is 1. The quantitative estimate of drug-likeness (QED) is 0.789. The molecule has 0 amide bonds. The van der Waals surface area contributed by atoms with E-state index in [1.165, 1.54) is 44.6 Å². The number of nitrogens with zero attached hydrogens (tertiary/aromatic N) is 1. The van der Waals surface area contributed by atoms with Gasteiger partial charge >= 0.3 is 0 Å². The van der Waals surface area contributed by atoms with E-state index < -0.39 is 21.8 Å². The summed E-state index contributed by atoms with van der Waals surface area (Å²) in [6, 6.07) is 8.68. The molecule has 0 unspecified atom stereocenters. The summed E-state index contributed by atoms with van der Waals surface area (Å²) in [6.45, 7) is 3.40. The van der Waals surface area contributed by atoms with Gasteiger partial charge in [0.1, 0.15) is 5.70 Å². The summed E-state index contributed by atoms with van der Waals surface area (Å²) < 4.78 is 37.7. The van der Waals surface area contributed by atoms with Gasteiger partial charge in [-0.15, -0.1) is 0 Å². The third-order valence-corrected chi connectivity index (χ3v) is 6.46. The van der Waals surface area contributed by atoms with Crippen LogP contribution in [0, 0.1) is 0 Å². The molecule has 2 aromatic carbocycles. The predicted octanol–water partition coefficient (Wildman–Crippen LogP) is 3.05. The van der Waals surface area contributed by atoms with Crippen molar-refractivity contribution < 1.29 is 27.8 Å². The van der Waals surface area contributed by atoms with E-state index in [0.717, 1.165) is 4.31 Å². The highest BCUT2D eigenvalue weighted by molar-refractivity contribution is 7.89. The maximum absolute atomic E-state index is 13.1. The third kappa shape index (κ3) is 3.09. The Morgan fingerprint density at radius 2 is 1.64 bits per heavy atom. The van der Waals surface area contributed by atoms with Gasteiger partial charge in [0.2, 0.25) is 11.5 Å². The summed E-state index contributed by atoms with van der Waals surface area (Å²) in [5.74, 6) is -0.284. The van der Waals surface area contributed by atoms with Crippen molar-refractivity contribution in [2.75, 3.05) is 14.2 Å². The van der Waals surface area contributed by atoms with E-state index in [4.69, 9.17) is 9.47 Å². The Balaban J connectivity index is 2.27. The maximum atomic E-state index is 13.1. The van der Waals surface area contributed by atoms with Crippen molar-refractivity contribution in [2.24, 2.45) is 0 Å². The maximum Gasteiger partial charge on any atom is 0.265 e. The average molecular weight is 403 g/mol. The molecular weight excluding hydrogens is 382 g/mol. The lowest BCUT2D eigenvalue weighted by atomic mass is 10.0. The number of fused-ring (bicyclic) bond motifs is 1. The molecule has 0 saturated heterocycles. The molecule has 0 fully saturated rings. The zero-order chi connectivity index (χ0) is 20.6. The second kappa shape index (κ2) is 7.20. The molecule has 0 atom stereocenters. The molecule has 2 aromatic rings. The lowest BCUT2D eigenvalue weighted by Crippen LogP contribution is -2.43. The van der Waals surface area contributed by atoms with E-state index in [2.05, 4.69) is 0 Å². The highest BCUT2D eigenvalue weighted by Gasteiger charge is 2.40. The van der Waals surface area contributed by atoms with Crippen LogP contribution in [0.15, 0.2) is 47.0 Å². The van der Waals surface area contributed by atoms with Crippen molar-refractivity contribution in [3.8, 4) is 17.2 Å². The molecule has 0 aliphatic carbocycles. The SMILES string of the molecule is COc1cc(C=C2C(=O)c3ccccc3S(=O)(=O)N2C(C)C)cc(OC)c1O. The van der Waals surface area contributed by atoms with Crippen LogP contribution in [-0.2, 0) is 10.0 Å². The zero-order valence-corrected chi connectivity index (χ0v) is 16.8. The molecule has 1 heterocycles. The highest BCUT2D eigenvalue weighted by Crippen LogP contribution is 2.39. The molecule has 0 aromatic heterocycles. The summed E-state index contributed by atoms with van der Waals surface area (Å²) in [5.41, 5.74) is 0.599. The molecular formula is C20H21NO6S. The fourth-order valence-electron chi connectivity index (χ4n) is 3.19. The number of hydrogen-bond acceptors (Lipinski definition) is 6. The molecule has 0 bridgehead atoms. The number of allylic oxidation sites excluding steroid dienone is 1. The molecule has 1 N–H and O–H groups in total. The van der Waals surface area contributed by atoms with E-state index in [9.17, 15) is 18.3 Å². The van der Waals surface area contributed by atoms with E-state index >= 15 is 0 Å². The molecule has 0 radical (unpaired) electrons. The number of methoxy groups -OCH3 is 2. The largest absolute Gasteiger partial charge is 0.502 e. The summed E-state index contributed by atoms with van der Waals surface area (Å²) in [5, 5.41) is 10.1. The van der Waals surface area contributed by atoms with Crippen molar-refractivity contribution in [3.63, 3.8) is 0 Å². The first kappa shape index (κ1) is 19.8. The van der Waals surface area contributed by atoms with Crippen molar-refractivity contribution in [1.82, 2.24) is 4.31 Å². The van der Waals surface area contributed by atoms with Gasteiger partial charge in [0.15, 0.2) is 11.5 Å². The van der Waals surface area contributed by atoms with Gasteiger partial charge in [-0.1, -0.05) is 12.1 Å². The normalized spacial score (nSPS) is 17.0. The highest BCUT2D eigenvalue weighted by atomic mass is 32.2. The van der Waals surface area contributed by atoms with Gasteiger partial charge in [-0.2, -0.15) is 0 Å². The second-order valence-corrected chi connectivity index (χ2v) is 8.31. The lowest BCUT2D eigenvalue weighted by Gasteiger charge is -2.34. The number of benzene rings is 2. The number of Topliss-reactive ketones (excluding diaryl/α,β-unsaturated/α-hetero) is 1. The Morgan fingerprint density at radius 3 is 2.18 bits per heavy atom. The van der Waals surface area contributed by atoms with E-state index in [1.807, 2.05) is 0 Å². The van der Waals surface area contributed by atoms with Gasteiger partial charge < -0.3 is 14.6 Å². The van der Waals surface area contributed by atoms with E-state index in [-0.39, 0.29) is 33.4 Å². The van der Waals surface area contributed by atoms with Crippen LogP contribution in [0.5, 0.6) is 17.2 Å². The Labute approximate surface area is 163 Å². The Kier molecular flexibility index (Phi) is 5.08. The van der Waals surface area contributed by atoms with Crippen molar-refractivity contribution in [1.29, 1.82) is 0 Å². The number of carbonyl (C=O) groups excluding carboxylic acids is 1. The third-order valence-electron chi connectivity index (χ3n) is 4.41. The molecule has 0 saturated carbocycles. The van der Waals surface area contributed by atoms with Crippen LogP contribution in [0.4, 0.5) is 0 Å². The number of sulfonamides is 1. The van der Waals surface area contributed by atoms with Crippen LogP contribution in [0.1, 0.15) is 29.8 Å². The molecule has 28 heavy (non-hydrogen) atoms. The van der Waals surface area contributed by atoms with E-state index in [0.29, 0.717) is 5.56 Å². The molecule has 1 aliphatic rings. The van der Waals surface area contributed by atoms with Crippen LogP contribution in [0.25, 0.3) is 6.08 Å². The van der Waals surface area contributed by atoms with E-state index in [1.54, 1.807) is 26.0 Å².